The molecular formula is C13H25NO7. The van der Waals surface area contributed by atoms with Crippen LogP contribution in [0.5, 0.6) is 0 Å². The number of hydrogen-bond donors (Lipinski definition) is 0. The highest BCUT2D eigenvalue weighted by molar-refractivity contribution is 5.60. The molecule has 0 unspecified atom stereocenters. The van der Waals surface area contributed by atoms with Gasteiger partial charge in [-0.2, -0.15) is 0 Å². The number of carbonyl (C=O) groups is 1. The summed E-state index contributed by atoms with van der Waals surface area (Å²) in [6.45, 7) is 9.43. The first-order chi connectivity index (χ1) is 9.69. The lowest BCUT2D eigenvalue weighted by Gasteiger charge is -2.28. The first kappa shape index (κ1) is 19.4. The van der Waals surface area contributed by atoms with Crippen molar-refractivity contribution in [3.8, 4) is 0 Å². The van der Waals surface area contributed by atoms with Crippen LogP contribution in [0.15, 0.2) is 0 Å². The largest absolute Gasteiger partial charge is 0.508 e. The summed E-state index contributed by atoms with van der Waals surface area (Å²) in [5.41, 5.74) is -0.606. The van der Waals surface area contributed by atoms with Crippen LogP contribution in [0.2, 0.25) is 0 Å². The van der Waals surface area contributed by atoms with Crippen LogP contribution in [0.4, 0.5) is 4.79 Å². The van der Waals surface area contributed by atoms with Gasteiger partial charge in [0.1, 0.15) is 18.3 Å². The Morgan fingerprint density at radius 3 is 2.38 bits per heavy atom. The molecule has 0 aromatic rings. The van der Waals surface area contributed by atoms with E-state index in [9.17, 15) is 14.9 Å². The zero-order valence-corrected chi connectivity index (χ0v) is 13.3. The maximum absolute atomic E-state index is 11.4. The Morgan fingerprint density at radius 1 is 1.29 bits per heavy atom. The van der Waals surface area contributed by atoms with Gasteiger partial charge in [-0.15, -0.1) is 10.1 Å². The molecule has 0 N–H and O–H groups in total. The Kier molecular flexibility index (Phi) is 8.68. The van der Waals surface area contributed by atoms with Crippen LogP contribution < -0.4 is 0 Å². The Labute approximate surface area is 124 Å². The SMILES string of the molecule is CC[C@@H](COCCOC(=O)OC(C)(C)C(C)C)O[N+](=O)[O-]. The second-order valence-corrected chi connectivity index (χ2v) is 5.39. The summed E-state index contributed by atoms with van der Waals surface area (Å²) in [7, 11) is 0. The number of carbonyl (C=O) groups excluding carboxylic acids is 1. The van der Waals surface area contributed by atoms with E-state index >= 15 is 0 Å². The van der Waals surface area contributed by atoms with E-state index in [0.29, 0.717) is 6.42 Å². The zero-order valence-electron chi connectivity index (χ0n) is 13.3. The van der Waals surface area contributed by atoms with Gasteiger partial charge in [0, 0.05) is 0 Å². The van der Waals surface area contributed by atoms with Crippen LogP contribution in [-0.2, 0) is 19.0 Å². The summed E-state index contributed by atoms with van der Waals surface area (Å²) in [6.07, 6.45) is -0.926. The van der Waals surface area contributed by atoms with Crippen molar-refractivity contribution in [1.82, 2.24) is 0 Å². The van der Waals surface area contributed by atoms with Gasteiger partial charge >= 0.3 is 6.16 Å². The van der Waals surface area contributed by atoms with Gasteiger partial charge in [-0.3, -0.25) is 0 Å². The minimum absolute atomic E-state index is 0.0158. The van der Waals surface area contributed by atoms with E-state index in [1.807, 2.05) is 13.8 Å². The van der Waals surface area contributed by atoms with Crippen LogP contribution in [0.3, 0.4) is 0 Å². The summed E-state index contributed by atoms with van der Waals surface area (Å²) in [6, 6.07) is 0. The molecule has 0 saturated heterocycles. The van der Waals surface area contributed by atoms with Crippen molar-refractivity contribution < 1.29 is 28.9 Å². The minimum Gasteiger partial charge on any atom is -0.432 e. The first-order valence-electron chi connectivity index (χ1n) is 6.93. The minimum atomic E-state index is -0.848. The summed E-state index contributed by atoms with van der Waals surface area (Å²) < 4.78 is 15.2. The predicted octanol–water partition coefficient (Wildman–Crippen LogP) is 2.58. The fraction of sp³-hybridized carbons (Fsp3) is 0.923. The van der Waals surface area contributed by atoms with Crippen LogP contribution in [-0.4, -0.2) is 42.8 Å². The molecule has 0 heterocycles. The summed E-state index contributed by atoms with van der Waals surface area (Å²) in [5, 5.41) is 9.33. The highest BCUT2D eigenvalue weighted by Crippen LogP contribution is 2.20. The Balaban J connectivity index is 3.80. The average Bonchev–Trinajstić information content (AvgIpc) is 2.35. The molecule has 8 nitrogen and oxygen atoms in total. The molecule has 0 fully saturated rings. The van der Waals surface area contributed by atoms with Gasteiger partial charge in [0.05, 0.1) is 13.2 Å². The Bertz CT molecular complexity index is 330. The normalized spacial score (nSPS) is 12.9. The molecule has 0 radical (unpaired) electrons. The third kappa shape index (κ3) is 9.06. The van der Waals surface area contributed by atoms with E-state index in [-0.39, 0.29) is 25.7 Å². The molecule has 0 aliphatic heterocycles. The summed E-state index contributed by atoms with van der Waals surface area (Å²) in [5.74, 6) is 0.158. The van der Waals surface area contributed by atoms with Crippen LogP contribution in [0.1, 0.15) is 41.0 Å². The maximum Gasteiger partial charge on any atom is 0.508 e. The smallest absolute Gasteiger partial charge is 0.432 e. The molecule has 0 amide bonds. The van der Waals surface area contributed by atoms with Crippen molar-refractivity contribution in [2.75, 3.05) is 19.8 Å². The number of rotatable bonds is 10. The Hall–Kier alpha value is -1.57. The quantitative estimate of drug-likeness (QED) is 0.265. The monoisotopic (exact) mass is 307 g/mol. The van der Waals surface area contributed by atoms with E-state index in [0.717, 1.165) is 0 Å². The third-order valence-corrected chi connectivity index (χ3v) is 3.18. The molecule has 0 aromatic carbocycles. The lowest BCUT2D eigenvalue weighted by molar-refractivity contribution is -0.769. The molecule has 0 aliphatic carbocycles. The van der Waals surface area contributed by atoms with E-state index in [2.05, 4.69) is 4.84 Å². The van der Waals surface area contributed by atoms with Crippen molar-refractivity contribution in [1.29, 1.82) is 0 Å². The first-order valence-corrected chi connectivity index (χ1v) is 6.93. The highest BCUT2D eigenvalue weighted by atomic mass is 17.0. The van der Waals surface area contributed by atoms with Gasteiger partial charge in [0.2, 0.25) is 0 Å². The fourth-order valence-corrected chi connectivity index (χ4v) is 1.11. The zero-order chi connectivity index (χ0) is 16.5. The molecule has 0 aromatic heterocycles. The molecule has 0 saturated carbocycles. The number of hydrogen-bond acceptors (Lipinski definition) is 7. The van der Waals surface area contributed by atoms with Gasteiger partial charge in [-0.25, -0.2) is 4.79 Å². The molecule has 0 rings (SSSR count). The van der Waals surface area contributed by atoms with Gasteiger partial charge in [-0.1, -0.05) is 20.8 Å². The van der Waals surface area contributed by atoms with Crippen molar-refractivity contribution in [3.05, 3.63) is 10.1 Å². The van der Waals surface area contributed by atoms with Crippen LogP contribution in [0, 0.1) is 16.0 Å². The van der Waals surface area contributed by atoms with E-state index in [1.54, 1.807) is 20.8 Å². The second kappa shape index (κ2) is 9.38. The number of nitrogens with zero attached hydrogens (tertiary/aromatic N) is 1. The second-order valence-electron chi connectivity index (χ2n) is 5.39. The molecule has 1 atom stereocenters. The lowest BCUT2D eigenvalue weighted by atomic mass is 9.95. The van der Waals surface area contributed by atoms with E-state index < -0.39 is 22.9 Å². The maximum atomic E-state index is 11.4. The predicted molar refractivity (Wildman–Crippen MR) is 74.3 cm³/mol. The molecule has 124 valence electrons. The molecule has 8 heteroatoms. The third-order valence-electron chi connectivity index (χ3n) is 3.18. The number of ether oxygens (including phenoxy) is 3. The van der Waals surface area contributed by atoms with Crippen molar-refractivity contribution in [2.45, 2.75) is 52.7 Å². The summed E-state index contributed by atoms with van der Waals surface area (Å²) >= 11 is 0. The van der Waals surface area contributed by atoms with Gasteiger partial charge in [-0.05, 0) is 26.2 Å². The van der Waals surface area contributed by atoms with Crippen molar-refractivity contribution in [3.63, 3.8) is 0 Å². The molecule has 0 spiro atoms. The Morgan fingerprint density at radius 2 is 1.90 bits per heavy atom. The molecule has 0 bridgehead atoms. The van der Waals surface area contributed by atoms with Gasteiger partial charge < -0.3 is 19.0 Å². The summed E-state index contributed by atoms with van der Waals surface area (Å²) in [4.78, 5) is 26.0. The average molecular weight is 307 g/mol. The topological polar surface area (TPSA) is 97.1 Å². The standard InChI is InChI=1S/C13H25NO7/c1-6-11(21-14(16)17)9-18-7-8-19-12(15)20-13(4,5)10(2)3/h10-11H,6-9H2,1-5H3/t11-/m0/s1. The van der Waals surface area contributed by atoms with Crippen molar-refractivity contribution in [2.24, 2.45) is 5.92 Å². The molecule has 0 aliphatic rings. The fourth-order valence-electron chi connectivity index (χ4n) is 1.11. The highest BCUT2D eigenvalue weighted by Gasteiger charge is 2.27. The van der Waals surface area contributed by atoms with Gasteiger partial charge in [0.25, 0.3) is 5.09 Å². The van der Waals surface area contributed by atoms with E-state index in [4.69, 9.17) is 14.2 Å². The van der Waals surface area contributed by atoms with Gasteiger partial charge in [0.15, 0.2) is 0 Å². The lowest BCUT2D eigenvalue weighted by Crippen LogP contribution is -2.34. The van der Waals surface area contributed by atoms with E-state index in [1.165, 1.54) is 0 Å². The molecule has 21 heavy (non-hydrogen) atoms. The van der Waals surface area contributed by atoms with Crippen molar-refractivity contribution >= 4 is 6.16 Å². The van der Waals surface area contributed by atoms with Crippen LogP contribution in [0.25, 0.3) is 0 Å². The van der Waals surface area contributed by atoms with Crippen LogP contribution >= 0.6 is 0 Å². The molecular weight excluding hydrogens is 282 g/mol.